The number of aryl methyl sites for hydroxylation is 1. The second kappa shape index (κ2) is 5.13. The third-order valence-electron chi connectivity index (χ3n) is 3.03. The Morgan fingerprint density at radius 2 is 1.95 bits per heavy atom. The topological polar surface area (TPSA) is 67.5 Å². The zero-order valence-corrected chi connectivity index (χ0v) is 10.7. The van der Waals surface area contributed by atoms with Crippen molar-refractivity contribution >= 4 is 11.6 Å². The molecule has 0 saturated carbocycles. The van der Waals surface area contributed by atoms with Crippen LogP contribution in [0, 0.1) is 0 Å². The van der Waals surface area contributed by atoms with Gasteiger partial charge < -0.3 is 5.11 Å². The number of benzene rings is 1. The molecule has 3 aromatic rings. The smallest absolute Gasteiger partial charge is 0.303 e. The van der Waals surface area contributed by atoms with E-state index in [1.807, 2.05) is 42.5 Å². The molecule has 0 saturated heterocycles. The minimum atomic E-state index is -0.819. The van der Waals surface area contributed by atoms with E-state index in [-0.39, 0.29) is 6.42 Å². The van der Waals surface area contributed by atoms with Crippen molar-refractivity contribution in [3.8, 4) is 11.3 Å². The van der Waals surface area contributed by atoms with E-state index in [0.717, 1.165) is 22.6 Å². The molecule has 0 aliphatic carbocycles. The summed E-state index contributed by atoms with van der Waals surface area (Å²) in [5.41, 5.74) is 3.37. The quantitative estimate of drug-likeness (QED) is 0.788. The number of fused-ring (bicyclic) bond motifs is 1. The van der Waals surface area contributed by atoms with Crippen LogP contribution in [-0.2, 0) is 11.2 Å². The lowest BCUT2D eigenvalue weighted by atomic mass is 10.1. The number of carboxylic acid groups (broad SMARTS) is 1. The van der Waals surface area contributed by atoms with E-state index in [0.29, 0.717) is 6.42 Å². The Kier molecular flexibility index (Phi) is 3.16. The standard InChI is InChI=1S/C15H13N3O2/c19-15(20)9-6-12-10-18-14(16-12)8-7-13(17-18)11-4-2-1-3-5-11/h1-5,7-8,10H,6,9H2,(H,19,20). The van der Waals surface area contributed by atoms with E-state index < -0.39 is 5.97 Å². The zero-order chi connectivity index (χ0) is 13.9. The molecule has 0 radical (unpaired) electrons. The van der Waals surface area contributed by atoms with E-state index in [9.17, 15) is 4.79 Å². The van der Waals surface area contributed by atoms with E-state index >= 15 is 0 Å². The van der Waals surface area contributed by atoms with Gasteiger partial charge in [-0.05, 0) is 12.1 Å². The number of aliphatic carboxylic acids is 1. The number of rotatable bonds is 4. The summed E-state index contributed by atoms with van der Waals surface area (Å²) in [6, 6.07) is 13.7. The minimum absolute atomic E-state index is 0.0788. The molecule has 2 aromatic heterocycles. The van der Waals surface area contributed by atoms with Crippen LogP contribution < -0.4 is 0 Å². The van der Waals surface area contributed by atoms with Crippen molar-refractivity contribution in [2.45, 2.75) is 12.8 Å². The summed E-state index contributed by atoms with van der Waals surface area (Å²) in [5, 5.41) is 13.2. The fourth-order valence-electron chi connectivity index (χ4n) is 2.05. The largest absolute Gasteiger partial charge is 0.481 e. The molecule has 0 spiro atoms. The summed E-state index contributed by atoms with van der Waals surface area (Å²) in [6.07, 6.45) is 2.28. The first-order valence-corrected chi connectivity index (χ1v) is 6.35. The molecular formula is C15H13N3O2. The maximum absolute atomic E-state index is 10.6. The second-order valence-corrected chi connectivity index (χ2v) is 4.51. The second-order valence-electron chi connectivity index (χ2n) is 4.51. The number of hydrogen-bond donors (Lipinski definition) is 1. The molecule has 20 heavy (non-hydrogen) atoms. The van der Waals surface area contributed by atoms with Gasteiger partial charge in [-0.15, -0.1) is 0 Å². The number of imidazole rings is 1. The van der Waals surface area contributed by atoms with Gasteiger partial charge in [0.2, 0.25) is 0 Å². The SMILES string of the molecule is O=C(O)CCc1cn2nc(-c3ccccc3)ccc2n1. The van der Waals surface area contributed by atoms with Gasteiger partial charge in [0.25, 0.3) is 0 Å². The zero-order valence-electron chi connectivity index (χ0n) is 10.7. The highest BCUT2D eigenvalue weighted by atomic mass is 16.4. The average molecular weight is 267 g/mol. The van der Waals surface area contributed by atoms with Gasteiger partial charge in [-0.25, -0.2) is 9.50 Å². The number of carbonyl (C=O) groups is 1. The lowest BCUT2D eigenvalue weighted by Gasteiger charge is -2.00. The molecule has 0 atom stereocenters. The number of nitrogens with zero attached hydrogens (tertiary/aromatic N) is 3. The number of hydrogen-bond acceptors (Lipinski definition) is 3. The van der Waals surface area contributed by atoms with Gasteiger partial charge in [0, 0.05) is 12.0 Å². The van der Waals surface area contributed by atoms with Crippen LogP contribution in [0.5, 0.6) is 0 Å². The summed E-state index contributed by atoms with van der Waals surface area (Å²) in [4.78, 5) is 14.9. The van der Waals surface area contributed by atoms with Crippen molar-refractivity contribution in [2.75, 3.05) is 0 Å². The van der Waals surface area contributed by atoms with Crippen LogP contribution in [0.25, 0.3) is 16.9 Å². The predicted octanol–water partition coefficient (Wildman–Crippen LogP) is 2.41. The van der Waals surface area contributed by atoms with Crippen LogP contribution in [0.4, 0.5) is 0 Å². The molecule has 2 heterocycles. The Balaban J connectivity index is 1.93. The molecule has 0 unspecified atom stereocenters. The maximum atomic E-state index is 10.6. The van der Waals surface area contributed by atoms with Crippen molar-refractivity contribution in [1.82, 2.24) is 14.6 Å². The number of aromatic nitrogens is 3. The molecule has 1 aromatic carbocycles. The summed E-state index contributed by atoms with van der Waals surface area (Å²) in [7, 11) is 0. The van der Waals surface area contributed by atoms with Crippen molar-refractivity contribution in [3.63, 3.8) is 0 Å². The van der Waals surface area contributed by atoms with Gasteiger partial charge in [-0.3, -0.25) is 4.79 Å². The van der Waals surface area contributed by atoms with Crippen LogP contribution in [0.3, 0.4) is 0 Å². The highest BCUT2D eigenvalue weighted by Gasteiger charge is 2.06. The summed E-state index contributed by atoms with van der Waals surface area (Å²) in [6.45, 7) is 0. The summed E-state index contributed by atoms with van der Waals surface area (Å²) >= 11 is 0. The first kappa shape index (κ1) is 12.3. The van der Waals surface area contributed by atoms with Gasteiger partial charge in [-0.2, -0.15) is 5.10 Å². The Morgan fingerprint density at radius 3 is 2.70 bits per heavy atom. The summed E-state index contributed by atoms with van der Waals surface area (Å²) in [5.74, 6) is -0.819. The van der Waals surface area contributed by atoms with Crippen molar-refractivity contribution < 1.29 is 9.90 Å². The Bertz CT molecular complexity index is 750. The molecule has 0 fully saturated rings. The van der Waals surface area contributed by atoms with Gasteiger partial charge in [0.15, 0.2) is 5.65 Å². The first-order valence-electron chi connectivity index (χ1n) is 6.35. The molecular weight excluding hydrogens is 254 g/mol. The van der Waals surface area contributed by atoms with Crippen LogP contribution in [-0.4, -0.2) is 25.7 Å². The van der Waals surface area contributed by atoms with Crippen molar-refractivity contribution in [3.05, 3.63) is 54.4 Å². The molecule has 5 nitrogen and oxygen atoms in total. The monoisotopic (exact) mass is 267 g/mol. The third-order valence-corrected chi connectivity index (χ3v) is 3.03. The Hall–Kier alpha value is -2.69. The lowest BCUT2D eigenvalue weighted by Crippen LogP contribution is -1.97. The molecule has 0 amide bonds. The van der Waals surface area contributed by atoms with Gasteiger partial charge in [0.05, 0.1) is 24.0 Å². The third kappa shape index (κ3) is 2.51. The minimum Gasteiger partial charge on any atom is -0.481 e. The average Bonchev–Trinajstić information content (AvgIpc) is 2.88. The van der Waals surface area contributed by atoms with Crippen LogP contribution in [0.2, 0.25) is 0 Å². The highest BCUT2D eigenvalue weighted by Crippen LogP contribution is 2.17. The predicted molar refractivity (Wildman–Crippen MR) is 74.4 cm³/mol. The number of carboxylic acids is 1. The molecule has 100 valence electrons. The van der Waals surface area contributed by atoms with Crippen LogP contribution in [0.15, 0.2) is 48.7 Å². The first-order chi connectivity index (χ1) is 9.72. The molecule has 0 aliphatic heterocycles. The van der Waals surface area contributed by atoms with E-state index in [1.165, 1.54) is 0 Å². The normalized spacial score (nSPS) is 10.8. The van der Waals surface area contributed by atoms with Gasteiger partial charge in [0.1, 0.15) is 0 Å². The van der Waals surface area contributed by atoms with Crippen LogP contribution >= 0.6 is 0 Å². The molecule has 3 rings (SSSR count). The molecule has 1 N–H and O–H groups in total. The molecule has 0 aliphatic rings. The van der Waals surface area contributed by atoms with Gasteiger partial charge >= 0.3 is 5.97 Å². The van der Waals surface area contributed by atoms with Crippen molar-refractivity contribution in [2.24, 2.45) is 0 Å². The summed E-state index contributed by atoms with van der Waals surface area (Å²) < 4.78 is 1.69. The van der Waals surface area contributed by atoms with E-state index in [1.54, 1.807) is 10.7 Å². The van der Waals surface area contributed by atoms with Crippen molar-refractivity contribution in [1.29, 1.82) is 0 Å². The highest BCUT2D eigenvalue weighted by molar-refractivity contribution is 5.67. The fraction of sp³-hybridized carbons (Fsp3) is 0.133. The van der Waals surface area contributed by atoms with Gasteiger partial charge in [-0.1, -0.05) is 30.3 Å². The molecule has 0 bridgehead atoms. The Labute approximate surface area is 115 Å². The molecule has 5 heteroatoms. The lowest BCUT2D eigenvalue weighted by molar-refractivity contribution is -0.136. The fourth-order valence-corrected chi connectivity index (χ4v) is 2.05. The Morgan fingerprint density at radius 1 is 1.15 bits per heavy atom. The van der Waals surface area contributed by atoms with E-state index in [4.69, 9.17) is 5.11 Å². The van der Waals surface area contributed by atoms with E-state index in [2.05, 4.69) is 10.1 Å². The van der Waals surface area contributed by atoms with Crippen LogP contribution in [0.1, 0.15) is 12.1 Å². The maximum Gasteiger partial charge on any atom is 0.303 e.